The molecule has 0 unspecified atom stereocenters. The Bertz CT molecular complexity index is 837. The van der Waals surface area contributed by atoms with Crippen molar-refractivity contribution in [2.75, 3.05) is 18.0 Å². The number of nitrogens with zero attached hydrogens (tertiary/aromatic N) is 1. The first-order chi connectivity index (χ1) is 11.4. The van der Waals surface area contributed by atoms with E-state index >= 15 is 0 Å². The Labute approximate surface area is 140 Å². The van der Waals surface area contributed by atoms with E-state index in [-0.39, 0.29) is 11.9 Å². The molecule has 2 amide bonds. The second kappa shape index (κ2) is 6.03. The van der Waals surface area contributed by atoms with Gasteiger partial charge >= 0.3 is 0 Å². The number of nitrogens with one attached hydrogen (secondary N) is 2. The predicted molar refractivity (Wildman–Crippen MR) is 95.2 cm³/mol. The fraction of sp³-hybridized carbons (Fsp3) is 0.333. The van der Waals surface area contributed by atoms with E-state index in [1.165, 1.54) is 6.08 Å². The van der Waals surface area contributed by atoms with Crippen LogP contribution in [0.4, 0.5) is 5.69 Å². The monoisotopic (exact) mass is 326 g/mol. The van der Waals surface area contributed by atoms with Crippen molar-refractivity contribution >= 4 is 28.4 Å². The lowest BCUT2D eigenvalue weighted by Crippen LogP contribution is -2.36. The smallest absolute Gasteiger partial charge is 0.250 e. The molecule has 4 N–H and O–H groups in total. The molecule has 0 spiro atoms. The van der Waals surface area contributed by atoms with E-state index in [1.54, 1.807) is 6.07 Å². The van der Waals surface area contributed by atoms with E-state index in [0.717, 1.165) is 47.4 Å². The Balaban J connectivity index is 1.99. The number of H-pyrrole nitrogens is 1. The Morgan fingerprint density at radius 3 is 2.83 bits per heavy atom. The minimum absolute atomic E-state index is 0.0988. The molecule has 1 aliphatic heterocycles. The van der Waals surface area contributed by atoms with E-state index in [4.69, 9.17) is 5.73 Å². The number of carbonyl (C=O) groups is 2. The maximum absolute atomic E-state index is 11.7. The third-order valence-electron chi connectivity index (χ3n) is 4.76. The molecule has 2 heterocycles. The van der Waals surface area contributed by atoms with Crippen molar-refractivity contribution in [3.05, 3.63) is 41.6 Å². The summed E-state index contributed by atoms with van der Waals surface area (Å²) in [7, 11) is 0. The van der Waals surface area contributed by atoms with Crippen LogP contribution in [0.1, 0.15) is 28.0 Å². The molecule has 0 aliphatic carbocycles. The molecule has 1 atom stereocenters. The van der Waals surface area contributed by atoms with Crippen LogP contribution in [-0.4, -0.2) is 35.9 Å². The lowest BCUT2D eigenvalue weighted by atomic mass is 10.1. The number of fused-ring (bicyclic) bond motifs is 1. The van der Waals surface area contributed by atoms with Crippen molar-refractivity contribution in [2.45, 2.75) is 26.3 Å². The van der Waals surface area contributed by atoms with Gasteiger partial charge in [0.2, 0.25) is 5.91 Å². The highest BCUT2D eigenvalue weighted by Crippen LogP contribution is 2.35. The van der Waals surface area contributed by atoms with Gasteiger partial charge in [-0.15, -0.1) is 0 Å². The minimum Gasteiger partial charge on any atom is -0.369 e. The number of nitrogens with two attached hydrogens (primary N) is 1. The number of rotatable bonds is 4. The second-order valence-corrected chi connectivity index (χ2v) is 6.27. The summed E-state index contributed by atoms with van der Waals surface area (Å²) >= 11 is 0. The summed E-state index contributed by atoms with van der Waals surface area (Å²) in [6, 6.07) is 3.81. The minimum atomic E-state index is -0.439. The largest absolute Gasteiger partial charge is 0.369 e. The van der Waals surface area contributed by atoms with Gasteiger partial charge in [-0.1, -0.05) is 6.58 Å². The fourth-order valence-electron chi connectivity index (χ4n) is 3.40. The van der Waals surface area contributed by atoms with Gasteiger partial charge in [0.25, 0.3) is 5.91 Å². The number of hydrogen-bond donors (Lipinski definition) is 3. The number of amides is 2. The van der Waals surface area contributed by atoms with Crippen LogP contribution in [0, 0.1) is 13.8 Å². The molecule has 3 rings (SSSR count). The first-order valence-electron chi connectivity index (χ1n) is 8.02. The number of anilines is 1. The Hall–Kier alpha value is -2.76. The van der Waals surface area contributed by atoms with Crippen LogP contribution in [0.2, 0.25) is 0 Å². The van der Waals surface area contributed by atoms with Crippen LogP contribution >= 0.6 is 0 Å². The number of aromatic nitrogens is 1. The van der Waals surface area contributed by atoms with Crippen LogP contribution in [0.25, 0.3) is 10.9 Å². The van der Waals surface area contributed by atoms with Gasteiger partial charge in [-0.2, -0.15) is 0 Å². The van der Waals surface area contributed by atoms with Gasteiger partial charge in [-0.3, -0.25) is 9.59 Å². The van der Waals surface area contributed by atoms with Crippen LogP contribution in [0.15, 0.2) is 24.8 Å². The topological polar surface area (TPSA) is 91.2 Å². The van der Waals surface area contributed by atoms with Crippen LogP contribution in [-0.2, 0) is 4.79 Å². The third kappa shape index (κ3) is 2.64. The zero-order valence-corrected chi connectivity index (χ0v) is 14.0. The quantitative estimate of drug-likeness (QED) is 0.748. The van der Waals surface area contributed by atoms with Gasteiger partial charge in [-0.25, -0.2) is 0 Å². The lowest BCUT2D eigenvalue weighted by molar-refractivity contribution is -0.117. The van der Waals surface area contributed by atoms with Crippen molar-refractivity contribution in [1.82, 2.24) is 10.3 Å². The molecule has 1 aromatic heterocycles. The molecule has 126 valence electrons. The summed E-state index contributed by atoms with van der Waals surface area (Å²) in [6.45, 7) is 9.09. The number of aromatic amines is 1. The Morgan fingerprint density at radius 1 is 1.42 bits per heavy atom. The van der Waals surface area contributed by atoms with Crippen molar-refractivity contribution in [3.8, 4) is 0 Å². The third-order valence-corrected chi connectivity index (χ3v) is 4.76. The van der Waals surface area contributed by atoms with Gasteiger partial charge in [0.05, 0.1) is 11.1 Å². The van der Waals surface area contributed by atoms with Crippen molar-refractivity contribution in [1.29, 1.82) is 0 Å². The average molecular weight is 326 g/mol. The highest BCUT2D eigenvalue weighted by atomic mass is 16.1. The van der Waals surface area contributed by atoms with E-state index in [1.807, 2.05) is 19.9 Å². The molecule has 6 heteroatoms. The summed E-state index contributed by atoms with van der Waals surface area (Å²) in [6.07, 6.45) is 2.17. The summed E-state index contributed by atoms with van der Waals surface area (Å²) in [5, 5.41) is 3.97. The Morgan fingerprint density at radius 2 is 2.17 bits per heavy atom. The van der Waals surface area contributed by atoms with Crippen LogP contribution in [0.3, 0.4) is 0 Å². The van der Waals surface area contributed by atoms with Crippen LogP contribution in [0.5, 0.6) is 0 Å². The van der Waals surface area contributed by atoms with E-state index < -0.39 is 5.91 Å². The molecule has 2 aromatic rings. The van der Waals surface area contributed by atoms with E-state index in [0.29, 0.717) is 5.56 Å². The highest BCUT2D eigenvalue weighted by Gasteiger charge is 2.26. The summed E-state index contributed by atoms with van der Waals surface area (Å²) in [5.41, 5.74) is 9.99. The fourth-order valence-corrected chi connectivity index (χ4v) is 3.40. The molecular formula is C18H22N4O2. The molecule has 1 fully saturated rings. The molecule has 1 saturated heterocycles. The summed E-state index contributed by atoms with van der Waals surface area (Å²) < 4.78 is 0. The normalized spacial score (nSPS) is 17.2. The highest BCUT2D eigenvalue weighted by molar-refractivity contribution is 6.10. The number of benzene rings is 1. The number of primary amides is 1. The first kappa shape index (κ1) is 16.1. The van der Waals surface area contributed by atoms with Gasteiger partial charge in [0.15, 0.2) is 0 Å². The molecule has 0 radical (unpaired) electrons. The van der Waals surface area contributed by atoms with E-state index in [2.05, 4.69) is 21.8 Å². The molecule has 1 aromatic carbocycles. The average Bonchev–Trinajstić information content (AvgIpc) is 3.12. The maximum Gasteiger partial charge on any atom is 0.250 e. The van der Waals surface area contributed by atoms with Crippen molar-refractivity contribution < 1.29 is 9.59 Å². The zero-order chi connectivity index (χ0) is 17.4. The maximum atomic E-state index is 11.7. The molecule has 1 aliphatic rings. The zero-order valence-electron chi connectivity index (χ0n) is 14.0. The predicted octanol–water partition coefficient (Wildman–Crippen LogP) is 1.76. The number of carbonyl (C=O) groups excluding carboxylic acids is 2. The molecule has 0 saturated carbocycles. The number of hydrogen-bond acceptors (Lipinski definition) is 3. The first-order valence-corrected chi connectivity index (χ1v) is 8.02. The summed E-state index contributed by atoms with van der Waals surface area (Å²) in [5.74, 6) is -0.588. The Kier molecular flexibility index (Phi) is 4.05. The SMILES string of the molecule is C=CC(=O)N[C@@H]1CCN(c2ccc(C(N)=O)c3[nH]c(C)c(C)c23)C1. The van der Waals surface area contributed by atoms with Gasteiger partial charge in [0, 0.05) is 35.9 Å². The van der Waals surface area contributed by atoms with E-state index in [9.17, 15) is 9.59 Å². The van der Waals surface area contributed by atoms with Crippen molar-refractivity contribution in [2.24, 2.45) is 5.73 Å². The standard InChI is InChI=1S/C18H22N4O2/c1-4-15(23)21-12-7-8-22(9-12)14-6-5-13(18(19)24)17-16(14)10(2)11(3)20-17/h4-6,12,20H,1,7-9H2,2-3H3,(H2,19,24)(H,21,23)/t12-/m1/s1. The van der Waals surface area contributed by atoms with Gasteiger partial charge in [-0.05, 0) is 44.0 Å². The van der Waals surface area contributed by atoms with Crippen LogP contribution < -0.4 is 16.0 Å². The molecule has 24 heavy (non-hydrogen) atoms. The second-order valence-electron chi connectivity index (χ2n) is 6.27. The lowest BCUT2D eigenvalue weighted by Gasteiger charge is -2.21. The van der Waals surface area contributed by atoms with Gasteiger partial charge < -0.3 is 20.9 Å². The molecule has 0 bridgehead atoms. The molecule has 6 nitrogen and oxygen atoms in total. The number of aryl methyl sites for hydroxylation is 2. The van der Waals surface area contributed by atoms with Crippen molar-refractivity contribution in [3.63, 3.8) is 0 Å². The summed E-state index contributed by atoms with van der Waals surface area (Å²) in [4.78, 5) is 28.7. The van der Waals surface area contributed by atoms with Gasteiger partial charge in [0.1, 0.15) is 0 Å². The molecular weight excluding hydrogens is 304 g/mol.